The Kier molecular flexibility index (Phi) is 7.74. The fraction of sp³-hybridized carbons (Fsp3) is 0.190. The molecule has 0 saturated carbocycles. The Morgan fingerprint density at radius 1 is 1.03 bits per heavy atom. The zero-order chi connectivity index (χ0) is 22.2. The van der Waals surface area contributed by atoms with Gasteiger partial charge < -0.3 is 10.1 Å². The van der Waals surface area contributed by atoms with Gasteiger partial charge in [0.05, 0.1) is 17.9 Å². The van der Waals surface area contributed by atoms with E-state index < -0.39 is 5.97 Å². The van der Waals surface area contributed by atoms with Gasteiger partial charge in [-0.3, -0.25) is 14.9 Å². The molecule has 0 spiro atoms. The largest absolute Gasteiger partial charge is 0.462 e. The van der Waals surface area contributed by atoms with Gasteiger partial charge in [-0.05, 0) is 49.7 Å². The maximum Gasteiger partial charge on any atom is 0.338 e. The van der Waals surface area contributed by atoms with Crippen LogP contribution in [0.1, 0.15) is 33.2 Å². The number of carbonyl (C=O) groups is 3. The van der Waals surface area contributed by atoms with Crippen molar-refractivity contribution in [1.29, 1.82) is 0 Å². The molecule has 2 amide bonds. The molecule has 0 fully saturated rings. The number of ether oxygens (including phenoxy) is 1. The summed E-state index contributed by atoms with van der Waals surface area (Å²) in [5.41, 5.74) is 2.43. The van der Waals surface area contributed by atoms with Gasteiger partial charge in [-0.15, -0.1) is 10.2 Å². The van der Waals surface area contributed by atoms with Gasteiger partial charge in [0.2, 0.25) is 11.0 Å². The fourth-order valence-electron chi connectivity index (χ4n) is 2.54. The predicted molar refractivity (Wildman–Crippen MR) is 121 cm³/mol. The predicted octanol–water partition coefficient (Wildman–Crippen LogP) is 4.01. The molecule has 0 atom stereocenters. The molecule has 0 unspecified atom stereocenters. The highest BCUT2D eigenvalue weighted by Gasteiger charge is 2.13. The summed E-state index contributed by atoms with van der Waals surface area (Å²) in [6.07, 6.45) is 0. The van der Waals surface area contributed by atoms with Crippen LogP contribution >= 0.6 is 23.1 Å². The van der Waals surface area contributed by atoms with Crippen LogP contribution in [0.25, 0.3) is 0 Å². The minimum atomic E-state index is -0.405. The van der Waals surface area contributed by atoms with Crippen LogP contribution in [0.15, 0.2) is 52.9 Å². The monoisotopic (exact) mass is 456 g/mol. The zero-order valence-corrected chi connectivity index (χ0v) is 18.5. The van der Waals surface area contributed by atoms with Crippen molar-refractivity contribution in [2.24, 2.45) is 0 Å². The van der Waals surface area contributed by atoms with Crippen molar-refractivity contribution >= 4 is 51.7 Å². The van der Waals surface area contributed by atoms with Crippen LogP contribution in [0.2, 0.25) is 0 Å². The average Bonchev–Trinajstić information content (AvgIpc) is 3.20. The van der Waals surface area contributed by atoms with Crippen molar-refractivity contribution in [3.8, 4) is 0 Å². The van der Waals surface area contributed by atoms with Crippen LogP contribution in [0.5, 0.6) is 0 Å². The smallest absolute Gasteiger partial charge is 0.338 e. The molecule has 31 heavy (non-hydrogen) atoms. The minimum Gasteiger partial charge on any atom is -0.462 e. The maximum absolute atomic E-state index is 12.3. The van der Waals surface area contributed by atoms with Gasteiger partial charge in [-0.25, -0.2) is 4.79 Å². The molecular formula is C21H20N4O4S2. The van der Waals surface area contributed by atoms with Crippen LogP contribution in [0.4, 0.5) is 10.8 Å². The standard InChI is InChI=1S/C21H20N4O4S2/c1-3-29-19(28)14-8-10-15(11-9-14)22-17(26)12-30-21-25-24-20(31-21)23-18(27)16-7-5-4-6-13(16)2/h4-11H,3,12H2,1-2H3,(H,22,26)(H,23,24,27). The second-order valence-electron chi connectivity index (χ2n) is 6.28. The molecule has 0 saturated heterocycles. The van der Waals surface area contributed by atoms with Gasteiger partial charge in [-0.1, -0.05) is 41.3 Å². The number of hydrogen-bond acceptors (Lipinski definition) is 8. The van der Waals surface area contributed by atoms with Crippen molar-refractivity contribution in [3.63, 3.8) is 0 Å². The highest BCUT2D eigenvalue weighted by molar-refractivity contribution is 8.01. The van der Waals surface area contributed by atoms with Gasteiger partial charge in [0.25, 0.3) is 5.91 Å². The van der Waals surface area contributed by atoms with Gasteiger partial charge in [0.15, 0.2) is 4.34 Å². The first kappa shape index (κ1) is 22.4. The van der Waals surface area contributed by atoms with E-state index in [0.29, 0.717) is 32.9 Å². The Morgan fingerprint density at radius 3 is 2.48 bits per heavy atom. The zero-order valence-electron chi connectivity index (χ0n) is 16.9. The summed E-state index contributed by atoms with van der Waals surface area (Å²) in [6.45, 7) is 3.90. The van der Waals surface area contributed by atoms with E-state index in [2.05, 4.69) is 20.8 Å². The molecule has 2 aromatic carbocycles. The molecule has 0 aliphatic heterocycles. The number of aromatic nitrogens is 2. The Bertz CT molecular complexity index is 1080. The molecule has 0 bridgehead atoms. The number of carbonyl (C=O) groups excluding carboxylic acids is 3. The van der Waals surface area contributed by atoms with Crippen LogP contribution in [-0.4, -0.2) is 40.3 Å². The topological polar surface area (TPSA) is 110 Å². The third-order valence-corrected chi connectivity index (χ3v) is 6.00. The van der Waals surface area contributed by atoms with E-state index >= 15 is 0 Å². The van der Waals surface area contributed by atoms with Crippen LogP contribution in [-0.2, 0) is 9.53 Å². The number of anilines is 2. The molecular weight excluding hydrogens is 436 g/mol. The third-order valence-electron chi connectivity index (χ3n) is 4.02. The number of esters is 1. The summed E-state index contributed by atoms with van der Waals surface area (Å²) in [7, 11) is 0. The minimum absolute atomic E-state index is 0.125. The number of nitrogens with zero attached hydrogens (tertiary/aromatic N) is 2. The van der Waals surface area contributed by atoms with E-state index in [9.17, 15) is 14.4 Å². The molecule has 1 aromatic heterocycles. The second kappa shape index (κ2) is 10.7. The highest BCUT2D eigenvalue weighted by atomic mass is 32.2. The van der Waals surface area contributed by atoms with Gasteiger partial charge in [0, 0.05) is 11.3 Å². The lowest BCUT2D eigenvalue weighted by Gasteiger charge is -2.06. The molecule has 8 nitrogen and oxygen atoms in total. The maximum atomic E-state index is 12.3. The van der Waals surface area contributed by atoms with Crippen LogP contribution < -0.4 is 10.6 Å². The first-order chi connectivity index (χ1) is 15.0. The average molecular weight is 457 g/mol. The molecule has 1 heterocycles. The van der Waals surface area contributed by atoms with Gasteiger partial charge in [0.1, 0.15) is 0 Å². The molecule has 10 heteroatoms. The number of thioether (sulfide) groups is 1. The van der Waals surface area contributed by atoms with Crippen molar-refractivity contribution in [2.45, 2.75) is 18.2 Å². The second-order valence-corrected chi connectivity index (χ2v) is 8.48. The van der Waals surface area contributed by atoms with E-state index in [-0.39, 0.29) is 17.6 Å². The molecule has 160 valence electrons. The van der Waals surface area contributed by atoms with Gasteiger partial charge >= 0.3 is 5.97 Å². The van der Waals surface area contributed by atoms with Gasteiger partial charge in [-0.2, -0.15) is 0 Å². The lowest BCUT2D eigenvalue weighted by Crippen LogP contribution is -2.14. The van der Waals surface area contributed by atoms with Crippen LogP contribution in [0, 0.1) is 6.92 Å². The Labute approximate surface area is 187 Å². The Balaban J connectivity index is 1.49. The summed E-state index contributed by atoms with van der Waals surface area (Å²) < 4.78 is 5.49. The summed E-state index contributed by atoms with van der Waals surface area (Å²) >= 11 is 2.41. The normalized spacial score (nSPS) is 10.4. The number of aryl methyl sites for hydroxylation is 1. The van der Waals surface area contributed by atoms with E-state index in [0.717, 1.165) is 5.56 Å². The quantitative estimate of drug-likeness (QED) is 0.299. The van der Waals surface area contributed by atoms with Crippen molar-refractivity contribution < 1.29 is 19.1 Å². The van der Waals surface area contributed by atoms with Crippen molar-refractivity contribution in [1.82, 2.24) is 10.2 Å². The lowest BCUT2D eigenvalue weighted by molar-refractivity contribution is -0.113. The first-order valence-electron chi connectivity index (χ1n) is 9.36. The number of rotatable bonds is 8. The van der Waals surface area contributed by atoms with Crippen molar-refractivity contribution in [2.75, 3.05) is 23.0 Å². The molecule has 0 aliphatic carbocycles. The highest BCUT2D eigenvalue weighted by Crippen LogP contribution is 2.26. The molecule has 3 aromatic rings. The summed E-state index contributed by atoms with van der Waals surface area (Å²) in [4.78, 5) is 36.2. The molecule has 3 rings (SSSR count). The fourth-order valence-corrected chi connectivity index (χ4v) is 4.09. The summed E-state index contributed by atoms with van der Waals surface area (Å²) in [5, 5.41) is 13.8. The Morgan fingerprint density at radius 2 is 1.77 bits per heavy atom. The number of benzene rings is 2. The van der Waals surface area contributed by atoms with E-state index in [4.69, 9.17) is 4.74 Å². The van der Waals surface area contributed by atoms with E-state index in [1.54, 1.807) is 43.3 Å². The molecule has 2 N–H and O–H groups in total. The first-order valence-corrected chi connectivity index (χ1v) is 11.2. The third kappa shape index (κ3) is 6.37. The van der Waals surface area contributed by atoms with E-state index in [1.165, 1.54) is 23.1 Å². The van der Waals surface area contributed by atoms with E-state index in [1.807, 2.05) is 19.1 Å². The van der Waals surface area contributed by atoms with Crippen LogP contribution in [0.3, 0.4) is 0 Å². The SMILES string of the molecule is CCOC(=O)c1ccc(NC(=O)CSc2nnc(NC(=O)c3ccccc3C)s2)cc1. The summed E-state index contributed by atoms with van der Waals surface area (Å²) in [6, 6.07) is 13.7. The number of hydrogen-bond donors (Lipinski definition) is 2. The molecule has 0 radical (unpaired) electrons. The molecule has 0 aliphatic rings. The lowest BCUT2D eigenvalue weighted by atomic mass is 10.1. The number of amides is 2. The van der Waals surface area contributed by atoms with Crippen molar-refractivity contribution in [3.05, 3.63) is 65.2 Å². The summed E-state index contributed by atoms with van der Waals surface area (Å²) in [5.74, 6) is -0.762. The number of nitrogens with one attached hydrogen (secondary N) is 2. The Hall–Kier alpha value is -3.24.